The zero-order valence-corrected chi connectivity index (χ0v) is 12.5. The number of thioether (sulfide) groups is 1. The quantitative estimate of drug-likeness (QED) is 0.693. The van der Waals surface area contributed by atoms with Crippen molar-refractivity contribution in [2.45, 2.75) is 4.90 Å². The first-order valence-corrected chi connectivity index (χ1v) is 7.71. The smallest absolute Gasteiger partial charge is 0.191 e. The molecule has 1 aromatic heterocycles. The van der Waals surface area contributed by atoms with Crippen LogP contribution in [0.2, 0.25) is 0 Å². The zero-order chi connectivity index (χ0) is 15.5. The van der Waals surface area contributed by atoms with Crippen molar-refractivity contribution in [3.05, 3.63) is 60.0 Å². The maximum Gasteiger partial charge on any atom is 0.191 e. The van der Waals surface area contributed by atoms with E-state index in [2.05, 4.69) is 10.3 Å². The van der Waals surface area contributed by atoms with Crippen LogP contribution in [0.3, 0.4) is 0 Å². The normalized spacial score (nSPS) is 10.4. The molecule has 0 saturated carbocycles. The number of benzene rings is 2. The number of halogens is 1. The molecule has 3 aromatic rings. The molecule has 3 rings (SSSR count). The fourth-order valence-electron chi connectivity index (χ4n) is 2.15. The summed E-state index contributed by atoms with van der Waals surface area (Å²) in [5.41, 5.74) is 2.26. The lowest BCUT2D eigenvalue weighted by atomic mass is 10.1. The summed E-state index contributed by atoms with van der Waals surface area (Å²) in [4.78, 5) is 1.08. The summed E-state index contributed by atoms with van der Waals surface area (Å²) in [6, 6.07) is 15.7. The van der Waals surface area contributed by atoms with E-state index < -0.39 is 0 Å². The lowest BCUT2D eigenvalue weighted by Gasteiger charge is -2.08. The summed E-state index contributed by atoms with van der Waals surface area (Å²) in [6.45, 7) is 0. The average Bonchev–Trinajstić information content (AvgIpc) is 2.99. The Balaban J connectivity index is 2.19. The van der Waals surface area contributed by atoms with Gasteiger partial charge in [-0.25, -0.2) is 9.07 Å². The molecule has 0 fully saturated rings. The van der Waals surface area contributed by atoms with E-state index in [1.807, 2.05) is 36.6 Å². The van der Waals surface area contributed by atoms with E-state index in [-0.39, 0.29) is 11.5 Å². The number of aromatic nitrogens is 3. The lowest BCUT2D eigenvalue weighted by Crippen LogP contribution is -2.00. The first-order chi connectivity index (χ1) is 10.7. The maximum absolute atomic E-state index is 13.1. The summed E-state index contributed by atoms with van der Waals surface area (Å²) in [7, 11) is 0. The SMILES string of the molecule is CSc1cccc(-n2nnc(C#N)c2-c2ccc(F)cc2)c1. The van der Waals surface area contributed by atoms with Gasteiger partial charge in [-0.2, -0.15) is 5.26 Å². The number of nitrogens with zero attached hydrogens (tertiary/aromatic N) is 4. The Hall–Kier alpha value is -2.65. The van der Waals surface area contributed by atoms with Crippen LogP contribution in [0.25, 0.3) is 16.9 Å². The fraction of sp³-hybridized carbons (Fsp3) is 0.0625. The largest absolute Gasteiger partial charge is 0.211 e. The minimum absolute atomic E-state index is 0.209. The molecule has 0 atom stereocenters. The second kappa shape index (κ2) is 6.00. The predicted molar refractivity (Wildman–Crippen MR) is 83.2 cm³/mol. The monoisotopic (exact) mass is 310 g/mol. The second-order valence-corrected chi connectivity index (χ2v) is 5.40. The number of rotatable bonds is 3. The highest BCUT2D eigenvalue weighted by molar-refractivity contribution is 7.98. The third kappa shape index (κ3) is 2.59. The summed E-state index contributed by atoms with van der Waals surface area (Å²) in [5, 5.41) is 17.2. The number of hydrogen-bond acceptors (Lipinski definition) is 4. The molecule has 0 aliphatic carbocycles. The molecule has 0 saturated heterocycles. The van der Waals surface area contributed by atoms with Crippen molar-refractivity contribution in [3.63, 3.8) is 0 Å². The van der Waals surface area contributed by atoms with Gasteiger partial charge in [-0.15, -0.1) is 16.9 Å². The third-order valence-corrected chi connectivity index (χ3v) is 3.92. The van der Waals surface area contributed by atoms with Gasteiger partial charge in [0.1, 0.15) is 17.6 Å². The highest BCUT2D eigenvalue weighted by Crippen LogP contribution is 2.26. The molecule has 0 spiro atoms. The predicted octanol–water partition coefficient (Wildman–Crippen LogP) is 3.67. The molecule has 2 aromatic carbocycles. The number of hydrogen-bond donors (Lipinski definition) is 0. The van der Waals surface area contributed by atoms with Crippen molar-refractivity contribution in [3.8, 4) is 23.0 Å². The van der Waals surface area contributed by atoms with Crippen LogP contribution < -0.4 is 0 Å². The standard InChI is InChI=1S/C16H11FN4S/c1-22-14-4-2-3-13(9-14)21-16(15(10-18)19-20-21)11-5-7-12(17)8-6-11/h2-9H,1H3. The van der Waals surface area contributed by atoms with Crippen LogP contribution in [0.4, 0.5) is 4.39 Å². The van der Waals surface area contributed by atoms with E-state index in [9.17, 15) is 9.65 Å². The van der Waals surface area contributed by atoms with Crippen molar-refractivity contribution in [2.75, 3.05) is 6.26 Å². The Morgan fingerprint density at radius 1 is 1.18 bits per heavy atom. The topological polar surface area (TPSA) is 54.5 Å². The van der Waals surface area contributed by atoms with Gasteiger partial charge in [-0.1, -0.05) is 11.3 Å². The van der Waals surface area contributed by atoms with Crippen LogP contribution in [0.5, 0.6) is 0 Å². The molecule has 0 bridgehead atoms. The van der Waals surface area contributed by atoms with E-state index in [0.717, 1.165) is 10.6 Å². The van der Waals surface area contributed by atoms with Crippen molar-refractivity contribution < 1.29 is 4.39 Å². The Kier molecular flexibility index (Phi) is 3.90. The highest BCUT2D eigenvalue weighted by atomic mass is 32.2. The van der Waals surface area contributed by atoms with Gasteiger partial charge in [-0.3, -0.25) is 0 Å². The molecular formula is C16H11FN4S. The van der Waals surface area contributed by atoms with Gasteiger partial charge in [0.15, 0.2) is 5.69 Å². The molecule has 0 aliphatic heterocycles. The summed E-state index contributed by atoms with van der Waals surface area (Å²) in [6.07, 6.45) is 1.99. The van der Waals surface area contributed by atoms with Crippen LogP contribution in [0.15, 0.2) is 53.4 Å². The Morgan fingerprint density at radius 3 is 2.64 bits per heavy atom. The van der Waals surface area contributed by atoms with Crippen molar-refractivity contribution in [2.24, 2.45) is 0 Å². The van der Waals surface area contributed by atoms with Crippen molar-refractivity contribution in [1.82, 2.24) is 15.0 Å². The first kappa shape index (κ1) is 14.3. The molecule has 6 heteroatoms. The average molecular weight is 310 g/mol. The zero-order valence-electron chi connectivity index (χ0n) is 11.7. The maximum atomic E-state index is 13.1. The molecule has 0 amide bonds. The molecule has 22 heavy (non-hydrogen) atoms. The summed E-state index contributed by atoms with van der Waals surface area (Å²) < 4.78 is 14.7. The molecule has 0 N–H and O–H groups in total. The van der Waals surface area contributed by atoms with Gasteiger partial charge in [0.25, 0.3) is 0 Å². The Morgan fingerprint density at radius 2 is 1.95 bits per heavy atom. The third-order valence-electron chi connectivity index (χ3n) is 3.19. The summed E-state index contributed by atoms with van der Waals surface area (Å²) >= 11 is 1.62. The van der Waals surface area contributed by atoms with Crippen LogP contribution in [-0.4, -0.2) is 21.2 Å². The second-order valence-electron chi connectivity index (χ2n) is 4.52. The minimum atomic E-state index is -0.328. The number of nitriles is 1. The Bertz CT molecular complexity index is 849. The summed E-state index contributed by atoms with van der Waals surface area (Å²) in [5.74, 6) is -0.328. The molecule has 4 nitrogen and oxygen atoms in total. The van der Waals surface area contributed by atoms with Crippen molar-refractivity contribution in [1.29, 1.82) is 5.26 Å². The molecule has 108 valence electrons. The molecule has 0 radical (unpaired) electrons. The van der Waals surface area contributed by atoms with Crippen LogP contribution >= 0.6 is 11.8 Å². The van der Waals surface area contributed by atoms with E-state index in [0.29, 0.717) is 11.3 Å². The van der Waals surface area contributed by atoms with Gasteiger partial charge in [0, 0.05) is 10.5 Å². The van der Waals surface area contributed by atoms with Gasteiger partial charge >= 0.3 is 0 Å². The van der Waals surface area contributed by atoms with Crippen LogP contribution in [0.1, 0.15) is 5.69 Å². The Labute approximate surface area is 131 Å². The fourth-order valence-corrected chi connectivity index (χ4v) is 2.60. The molecule has 1 heterocycles. The van der Waals surface area contributed by atoms with Crippen molar-refractivity contribution >= 4 is 11.8 Å². The van der Waals surface area contributed by atoms with Crippen LogP contribution in [0, 0.1) is 17.1 Å². The molecule has 0 unspecified atom stereocenters. The minimum Gasteiger partial charge on any atom is -0.211 e. The van der Waals surface area contributed by atoms with Gasteiger partial charge in [-0.05, 0) is 48.7 Å². The van der Waals surface area contributed by atoms with E-state index in [1.165, 1.54) is 12.1 Å². The molecular weight excluding hydrogens is 299 g/mol. The first-order valence-electron chi connectivity index (χ1n) is 6.49. The molecule has 0 aliphatic rings. The van der Waals surface area contributed by atoms with Gasteiger partial charge in [0.2, 0.25) is 0 Å². The lowest BCUT2D eigenvalue weighted by molar-refractivity contribution is 0.628. The van der Waals surface area contributed by atoms with E-state index in [4.69, 9.17) is 0 Å². The van der Waals surface area contributed by atoms with E-state index >= 15 is 0 Å². The van der Waals surface area contributed by atoms with Gasteiger partial charge < -0.3 is 0 Å². The van der Waals surface area contributed by atoms with Gasteiger partial charge in [0.05, 0.1) is 5.69 Å². The highest BCUT2D eigenvalue weighted by Gasteiger charge is 2.16. The van der Waals surface area contributed by atoms with E-state index in [1.54, 1.807) is 28.6 Å². The van der Waals surface area contributed by atoms with Crippen LogP contribution in [-0.2, 0) is 0 Å².